The highest BCUT2D eigenvalue weighted by Gasteiger charge is 2.09. The molecule has 0 aliphatic heterocycles. The number of carbonyl (C=O) groups excluding carboxylic acids is 1. The number of ether oxygens (including phenoxy) is 2. The van der Waals surface area contributed by atoms with Crippen molar-refractivity contribution in [2.24, 2.45) is 0 Å². The second-order valence-electron chi connectivity index (χ2n) is 4.36. The normalized spacial score (nSPS) is 10.7. The lowest BCUT2D eigenvalue weighted by atomic mass is 10.1. The van der Waals surface area contributed by atoms with E-state index in [1.165, 1.54) is 13.1 Å². The maximum absolute atomic E-state index is 11.5. The van der Waals surface area contributed by atoms with E-state index >= 15 is 0 Å². The molecule has 1 rings (SSSR count). The zero-order chi connectivity index (χ0) is 15.7. The van der Waals surface area contributed by atoms with Crippen molar-refractivity contribution in [3.63, 3.8) is 0 Å². The molecule has 0 atom stereocenters. The monoisotopic (exact) mass is 288 g/mol. The molecule has 1 aromatic carbocycles. The Bertz CT molecular complexity index is 559. The standard InChI is InChI=1S/C16H20N2O3/c1-4-5-8-21-15-10-12(6-7-14(15)20-3)9-13(11-17)16(19)18-2/h6-7,9-10H,4-5,8H2,1-3H3,(H,18,19). The van der Waals surface area contributed by atoms with E-state index in [-0.39, 0.29) is 5.57 Å². The summed E-state index contributed by atoms with van der Waals surface area (Å²) >= 11 is 0. The molecule has 5 nitrogen and oxygen atoms in total. The van der Waals surface area contributed by atoms with E-state index in [1.807, 2.05) is 6.07 Å². The highest BCUT2D eigenvalue weighted by Crippen LogP contribution is 2.29. The first-order chi connectivity index (χ1) is 10.2. The van der Waals surface area contributed by atoms with Gasteiger partial charge in [0.15, 0.2) is 11.5 Å². The highest BCUT2D eigenvalue weighted by atomic mass is 16.5. The van der Waals surface area contributed by atoms with E-state index in [0.717, 1.165) is 12.8 Å². The summed E-state index contributed by atoms with van der Waals surface area (Å²) in [5, 5.41) is 11.4. The quantitative estimate of drug-likeness (QED) is 0.475. The number of hydrogen-bond acceptors (Lipinski definition) is 4. The van der Waals surface area contributed by atoms with Crippen molar-refractivity contribution < 1.29 is 14.3 Å². The van der Waals surface area contributed by atoms with Crippen molar-refractivity contribution >= 4 is 12.0 Å². The summed E-state index contributed by atoms with van der Waals surface area (Å²) in [6.07, 6.45) is 3.51. The molecule has 0 spiro atoms. The fourth-order valence-corrected chi connectivity index (χ4v) is 1.67. The van der Waals surface area contributed by atoms with Crippen LogP contribution in [0.15, 0.2) is 23.8 Å². The van der Waals surface area contributed by atoms with Crippen LogP contribution >= 0.6 is 0 Å². The first-order valence-electron chi connectivity index (χ1n) is 6.81. The van der Waals surface area contributed by atoms with E-state index in [9.17, 15) is 4.79 Å². The number of nitrogens with one attached hydrogen (secondary N) is 1. The second-order valence-corrected chi connectivity index (χ2v) is 4.36. The Morgan fingerprint density at radius 3 is 2.76 bits per heavy atom. The molecule has 5 heteroatoms. The molecule has 112 valence electrons. The van der Waals surface area contributed by atoms with Crippen LogP contribution in [0.5, 0.6) is 11.5 Å². The Hall–Kier alpha value is -2.48. The summed E-state index contributed by atoms with van der Waals surface area (Å²) in [7, 11) is 3.06. The second kappa shape index (κ2) is 8.64. The number of amides is 1. The van der Waals surface area contributed by atoms with Gasteiger partial charge in [0, 0.05) is 7.05 Å². The molecule has 0 saturated heterocycles. The summed E-state index contributed by atoms with van der Waals surface area (Å²) in [5.74, 6) is 0.817. The lowest BCUT2D eigenvalue weighted by molar-refractivity contribution is -0.116. The zero-order valence-electron chi connectivity index (χ0n) is 12.6. The van der Waals surface area contributed by atoms with Crippen LogP contribution in [0.1, 0.15) is 25.3 Å². The van der Waals surface area contributed by atoms with Gasteiger partial charge in [-0.15, -0.1) is 0 Å². The minimum Gasteiger partial charge on any atom is -0.493 e. The molecule has 0 unspecified atom stereocenters. The van der Waals surface area contributed by atoms with Crippen molar-refractivity contribution in [2.45, 2.75) is 19.8 Å². The molecule has 0 bridgehead atoms. The lowest BCUT2D eigenvalue weighted by Gasteiger charge is -2.11. The van der Waals surface area contributed by atoms with Gasteiger partial charge >= 0.3 is 0 Å². The molecule has 0 radical (unpaired) electrons. The molecule has 0 fully saturated rings. The molecule has 21 heavy (non-hydrogen) atoms. The van der Waals surface area contributed by atoms with Gasteiger partial charge < -0.3 is 14.8 Å². The predicted octanol–water partition coefficient (Wildman–Crippen LogP) is 2.53. The minimum absolute atomic E-state index is 0.0437. The van der Waals surface area contributed by atoms with Crippen molar-refractivity contribution in [1.29, 1.82) is 5.26 Å². The maximum Gasteiger partial charge on any atom is 0.261 e. The Morgan fingerprint density at radius 2 is 2.19 bits per heavy atom. The third-order valence-electron chi connectivity index (χ3n) is 2.85. The summed E-state index contributed by atoms with van der Waals surface area (Å²) in [6, 6.07) is 7.16. The van der Waals surface area contributed by atoms with Crippen LogP contribution in [0.4, 0.5) is 0 Å². The van der Waals surface area contributed by atoms with Crippen LogP contribution in [0.2, 0.25) is 0 Å². The van der Waals surface area contributed by atoms with E-state index < -0.39 is 5.91 Å². The average Bonchev–Trinajstić information content (AvgIpc) is 2.52. The summed E-state index contributed by atoms with van der Waals surface area (Å²) in [5.41, 5.74) is 0.754. The molecule has 0 aliphatic rings. The van der Waals surface area contributed by atoms with Gasteiger partial charge in [0.1, 0.15) is 11.6 Å². The Labute approximate surface area is 125 Å². The zero-order valence-corrected chi connectivity index (χ0v) is 12.6. The number of benzene rings is 1. The molecule has 0 saturated carbocycles. The molecule has 0 aromatic heterocycles. The fraction of sp³-hybridized carbons (Fsp3) is 0.375. The Balaban J connectivity index is 3.04. The highest BCUT2D eigenvalue weighted by molar-refractivity contribution is 6.01. The molecule has 1 amide bonds. The topological polar surface area (TPSA) is 71.3 Å². The summed E-state index contributed by atoms with van der Waals surface area (Å²) < 4.78 is 10.9. The minimum atomic E-state index is -0.415. The molecule has 1 aromatic rings. The molecule has 0 heterocycles. The maximum atomic E-state index is 11.5. The number of likely N-dealkylation sites (N-methyl/N-ethyl adjacent to an activating group) is 1. The van der Waals surface area contributed by atoms with Gasteiger partial charge in [-0.05, 0) is 30.2 Å². The number of nitriles is 1. The summed E-state index contributed by atoms with van der Waals surface area (Å²) in [4.78, 5) is 11.5. The van der Waals surface area contributed by atoms with Crippen LogP contribution < -0.4 is 14.8 Å². The number of nitrogens with zero attached hydrogens (tertiary/aromatic N) is 1. The van der Waals surface area contributed by atoms with Crippen LogP contribution in [0.25, 0.3) is 6.08 Å². The lowest BCUT2D eigenvalue weighted by Crippen LogP contribution is -2.19. The summed E-state index contributed by atoms with van der Waals surface area (Å²) in [6.45, 7) is 2.68. The van der Waals surface area contributed by atoms with Crippen LogP contribution in [0, 0.1) is 11.3 Å². The molecule has 1 N–H and O–H groups in total. The van der Waals surface area contributed by atoms with E-state index in [0.29, 0.717) is 23.7 Å². The predicted molar refractivity (Wildman–Crippen MR) is 81.1 cm³/mol. The van der Waals surface area contributed by atoms with Crippen LogP contribution in [-0.4, -0.2) is 26.7 Å². The van der Waals surface area contributed by atoms with Crippen molar-refractivity contribution in [3.8, 4) is 17.6 Å². The molecular formula is C16H20N2O3. The first kappa shape index (κ1) is 16.6. The van der Waals surface area contributed by atoms with Crippen molar-refractivity contribution in [2.75, 3.05) is 20.8 Å². The van der Waals surface area contributed by atoms with Gasteiger partial charge in [0.25, 0.3) is 5.91 Å². The van der Waals surface area contributed by atoms with Gasteiger partial charge in [-0.2, -0.15) is 5.26 Å². The molecular weight excluding hydrogens is 268 g/mol. The number of rotatable bonds is 7. The Kier molecular flexibility index (Phi) is 6.82. The number of unbranched alkanes of at least 4 members (excludes halogenated alkanes) is 1. The third kappa shape index (κ3) is 4.84. The first-order valence-corrected chi connectivity index (χ1v) is 6.81. The van der Waals surface area contributed by atoms with Gasteiger partial charge in [-0.3, -0.25) is 4.79 Å². The van der Waals surface area contributed by atoms with Crippen molar-refractivity contribution in [3.05, 3.63) is 29.3 Å². The Morgan fingerprint density at radius 1 is 1.43 bits per heavy atom. The van der Waals surface area contributed by atoms with Gasteiger partial charge in [0.2, 0.25) is 0 Å². The van der Waals surface area contributed by atoms with Crippen LogP contribution in [-0.2, 0) is 4.79 Å². The van der Waals surface area contributed by atoms with Gasteiger partial charge in [0.05, 0.1) is 13.7 Å². The van der Waals surface area contributed by atoms with E-state index in [2.05, 4.69) is 12.2 Å². The fourth-order valence-electron chi connectivity index (χ4n) is 1.67. The largest absolute Gasteiger partial charge is 0.493 e. The van der Waals surface area contributed by atoms with Crippen LogP contribution in [0.3, 0.4) is 0 Å². The van der Waals surface area contributed by atoms with E-state index in [4.69, 9.17) is 14.7 Å². The number of carbonyl (C=O) groups is 1. The average molecular weight is 288 g/mol. The number of hydrogen-bond donors (Lipinski definition) is 1. The molecule has 0 aliphatic carbocycles. The van der Waals surface area contributed by atoms with E-state index in [1.54, 1.807) is 25.3 Å². The number of methoxy groups -OCH3 is 1. The smallest absolute Gasteiger partial charge is 0.261 e. The SMILES string of the molecule is CCCCOc1cc(C=C(C#N)C(=O)NC)ccc1OC. The van der Waals surface area contributed by atoms with Gasteiger partial charge in [-0.1, -0.05) is 19.4 Å². The van der Waals surface area contributed by atoms with Gasteiger partial charge in [-0.25, -0.2) is 0 Å². The third-order valence-corrected chi connectivity index (χ3v) is 2.85. The van der Waals surface area contributed by atoms with Crippen molar-refractivity contribution in [1.82, 2.24) is 5.32 Å².